The summed E-state index contributed by atoms with van der Waals surface area (Å²) >= 11 is 1.07. The topological polar surface area (TPSA) is 88.7 Å². The number of nitrogens with one attached hydrogen (secondary N) is 2. The first-order chi connectivity index (χ1) is 10.1. The lowest BCUT2D eigenvalue weighted by molar-refractivity contribution is -0.117. The highest BCUT2D eigenvalue weighted by molar-refractivity contribution is 8.03. The molecule has 0 aliphatic carbocycles. The fourth-order valence-corrected chi connectivity index (χ4v) is 1.76. The van der Waals surface area contributed by atoms with E-state index in [0.717, 1.165) is 28.8 Å². The maximum Gasteiger partial charge on any atom is 0.263 e. The summed E-state index contributed by atoms with van der Waals surface area (Å²) in [4.78, 5) is 12.7. The summed E-state index contributed by atoms with van der Waals surface area (Å²) in [7, 11) is 0. The van der Waals surface area contributed by atoms with Crippen LogP contribution in [-0.2, 0) is 4.79 Å². The Balaban J connectivity index is 2.70. The molecule has 1 unspecified atom stereocenters. The zero-order valence-corrected chi connectivity index (χ0v) is 12.7. The van der Waals surface area contributed by atoms with E-state index < -0.39 is 5.91 Å². The van der Waals surface area contributed by atoms with Crippen molar-refractivity contribution in [3.05, 3.63) is 36.0 Å². The number of nitrogens with zero attached hydrogens (tertiary/aromatic N) is 2. The molecule has 0 spiro atoms. The lowest BCUT2D eigenvalue weighted by Crippen LogP contribution is -2.33. The van der Waals surface area contributed by atoms with E-state index in [1.165, 1.54) is 6.20 Å². The number of benzene rings is 1. The summed E-state index contributed by atoms with van der Waals surface area (Å²) in [5.41, 5.74) is 0.757. The summed E-state index contributed by atoms with van der Waals surface area (Å²) in [5.74, 6) is -0.393. The van der Waals surface area contributed by atoms with E-state index in [1.807, 2.05) is 25.3 Å². The molecule has 0 saturated heterocycles. The van der Waals surface area contributed by atoms with Gasteiger partial charge >= 0.3 is 0 Å². The predicted octanol–water partition coefficient (Wildman–Crippen LogP) is 2.99. The molecule has 0 heterocycles. The molecule has 1 atom stereocenters. The summed E-state index contributed by atoms with van der Waals surface area (Å²) < 4.78 is 0. The van der Waals surface area contributed by atoms with Gasteiger partial charge in [-0.25, -0.2) is 0 Å². The molecule has 1 aromatic rings. The van der Waals surface area contributed by atoms with Gasteiger partial charge in [0, 0.05) is 22.8 Å². The second-order valence-corrected chi connectivity index (χ2v) is 5.17. The zero-order valence-electron chi connectivity index (χ0n) is 11.9. The smallest absolute Gasteiger partial charge is 0.263 e. The molecule has 1 amide bonds. The lowest BCUT2D eigenvalue weighted by atomic mass is 10.2. The first kappa shape index (κ1) is 16.6. The van der Waals surface area contributed by atoms with Crippen LogP contribution in [0.3, 0.4) is 0 Å². The largest absolute Gasteiger partial charge is 0.360 e. The van der Waals surface area contributed by atoms with E-state index in [2.05, 4.69) is 10.6 Å². The Morgan fingerprint density at radius 3 is 2.57 bits per heavy atom. The van der Waals surface area contributed by atoms with Crippen LogP contribution in [0.5, 0.6) is 0 Å². The van der Waals surface area contributed by atoms with Crippen LogP contribution in [0.1, 0.15) is 20.3 Å². The highest BCUT2D eigenvalue weighted by Gasteiger charge is 2.10. The molecule has 0 fully saturated rings. The third-order valence-corrected chi connectivity index (χ3v) is 3.36. The number of hydrogen-bond donors (Lipinski definition) is 2. The van der Waals surface area contributed by atoms with Gasteiger partial charge in [0.25, 0.3) is 5.91 Å². The Hall–Kier alpha value is -2.44. The molecule has 0 aliphatic heterocycles. The number of hydrogen-bond acceptors (Lipinski definition) is 5. The van der Waals surface area contributed by atoms with Crippen LogP contribution in [0.2, 0.25) is 0 Å². The van der Waals surface area contributed by atoms with Crippen molar-refractivity contribution in [1.82, 2.24) is 5.32 Å². The fourth-order valence-electron chi connectivity index (χ4n) is 1.38. The van der Waals surface area contributed by atoms with Crippen molar-refractivity contribution < 1.29 is 4.79 Å². The van der Waals surface area contributed by atoms with Crippen molar-refractivity contribution in [2.45, 2.75) is 31.2 Å². The number of nitriles is 2. The molecular formula is C15H16N4OS. The Bertz CT molecular complexity index is 596. The number of amides is 1. The van der Waals surface area contributed by atoms with Crippen LogP contribution in [0.4, 0.5) is 5.69 Å². The van der Waals surface area contributed by atoms with Gasteiger partial charge in [-0.15, -0.1) is 0 Å². The molecule has 1 aromatic carbocycles. The average molecular weight is 300 g/mol. The van der Waals surface area contributed by atoms with Crippen LogP contribution in [0.15, 0.2) is 40.9 Å². The quantitative estimate of drug-likeness (QED) is 0.365. The SMILES string of the molecule is CCC(C)NC(=O)/C(C#N)=C\Nc1ccc(SC#N)cc1. The highest BCUT2D eigenvalue weighted by Crippen LogP contribution is 2.19. The van der Waals surface area contributed by atoms with E-state index >= 15 is 0 Å². The lowest BCUT2D eigenvalue weighted by Gasteiger charge is -2.10. The Morgan fingerprint density at radius 1 is 1.38 bits per heavy atom. The highest BCUT2D eigenvalue weighted by atomic mass is 32.2. The molecule has 0 aromatic heterocycles. The van der Waals surface area contributed by atoms with Crippen molar-refractivity contribution in [1.29, 1.82) is 10.5 Å². The minimum absolute atomic E-state index is 0.0192. The molecule has 108 valence electrons. The van der Waals surface area contributed by atoms with Gasteiger partial charge in [0.15, 0.2) is 0 Å². The fraction of sp³-hybridized carbons (Fsp3) is 0.267. The normalized spacial score (nSPS) is 11.9. The molecule has 21 heavy (non-hydrogen) atoms. The first-order valence-corrected chi connectivity index (χ1v) is 7.26. The summed E-state index contributed by atoms with van der Waals surface area (Å²) in [6, 6.07) is 9.02. The van der Waals surface area contributed by atoms with Gasteiger partial charge < -0.3 is 10.6 Å². The van der Waals surface area contributed by atoms with Crippen molar-refractivity contribution in [3.63, 3.8) is 0 Å². The van der Waals surface area contributed by atoms with E-state index in [4.69, 9.17) is 10.5 Å². The molecule has 0 bridgehead atoms. The van der Waals surface area contributed by atoms with E-state index in [0.29, 0.717) is 0 Å². The van der Waals surface area contributed by atoms with Gasteiger partial charge in [0.2, 0.25) is 0 Å². The van der Waals surface area contributed by atoms with Crippen molar-refractivity contribution in [2.75, 3.05) is 5.32 Å². The molecule has 0 radical (unpaired) electrons. The number of carbonyl (C=O) groups excluding carboxylic acids is 1. The van der Waals surface area contributed by atoms with Crippen LogP contribution < -0.4 is 10.6 Å². The van der Waals surface area contributed by atoms with E-state index in [1.54, 1.807) is 24.3 Å². The second kappa shape index (κ2) is 8.68. The van der Waals surface area contributed by atoms with Crippen molar-refractivity contribution in [3.8, 4) is 11.5 Å². The van der Waals surface area contributed by atoms with Crippen molar-refractivity contribution >= 4 is 23.4 Å². The average Bonchev–Trinajstić information content (AvgIpc) is 2.49. The monoisotopic (exact) mass is 300 g/mol. The van der Waals surface area contributed by atoms with E-state index in [-0.39, 0.29) is 11.6 Å². The molecule has 5 nitrogen and oxygen atoms in total. The summed E-state index contributed by atoms with van der Waals surface area (Å²) in [5, 5.41) is 25.2. The minimum Gasteiger partial charge on any atom is -0.360 e. The molecular weight excluding hydrogens is 284 g/mol. The second-order valence-electron chi connectivity index (χ2n) is 4.31. The third-order valence-electron chi connectivity index (χ3n) is 2.76. The minimum atomic E-state index is -0.393. The van der Waals surface area contributed by atoms with Gasteiger partial charge in [-0.3, -0.25) is 4.79 Å². The molecule has 6 heteroatoms. The molecule has 0 saturated carbocycles. The molecule has 1 rings (SSSR count). The first-order valence-electron chi connectivity index (χ1n) is 6.44. The van der Waals surface area contributed by atoms with Gasteiger partial charge in [-0.2, -0.15) is 10.5 Å². The van der Waals surface area contributed by atoms with Crippen LogP contribution in [0.25, 0.3) is 0 Å². The number of anilines is 1. The van der Waals surface area contributed by atoms with Crippen LogP contribution >= 0.6 is 11.8 Å². The Morgan fingerprint density at radius 2 is 2.05 bits per heavy atom. The standard InChI is InChI=1S/C15H16N4OS/c1-3-11(2)19-15(20)12(8-16)9-18-13-4-6-14(7-5-13)21-10-17/h4-7,9,11,18H,3H2,1-2H3,(H,19,20)/b12-9-. The maximum atomic E-state index is 11.8. The number of thiocyanates is 1. The summed E-state index contributed by atoms with van der Waals surface area (Å²) in [6.45, 7) is 3.84. The zero-order chi connectivity index (χ0) is 15.7. The van der Waals surface area contributed by atoms with Gasteiger partial charge in [0.1, 0.15) is 17.0 Å². The van der Waals surface area contributed by atoms with Crippen LogP contribution in [0, 0.1) is 22.0 Å². The summed E-state index contributed by atoms with van der Waals surface area (Å²) in [6.07, 6.45) is 2.18. The van der Waals surface area contributed by atoms with Gasteiger partial charge in [-0.05, 0) is 49.4 Å². The number of carbonyl (C=O) groups is 1. The number of thioether (sulfide) groups is 1. The molecule has 2 N–H and O–H groups in total. The van der Waals surface area contributed by atoms with Crippen molar-refractivity contribution in [2.24, 2.45) is 0 Å². The number of rotatable bonds is 6. The maximum absolute atomic E-state index is 11.8. The predicted molar refractivity (Wildman–Crippen MR) is 83.1 cm³/mol. The van der Waals surface area contributed by atoms with Crippen LogP contribution in [-0.4, -0.2) is 11.9 Å². The Labute approximate surface area is 128 Å². The third kappa shape index (κ3) is 5.60. The van der Waals surface area contributed by atoms with Gasteiger partial charge in [-0.1, -0.05) is 6.92 Å². The van der Waals surface area contributed by atoms with E-state index in [9.17, 15) is 4.79 Å². The Kier molecular flexibility index (Phi) is 6.86. The molecule has 0 aliphatic rings. The van der Waals surface area contributed by atoms with Gasteiger partial charge in [0.05, 0.1) is 0 Å².